The molecule has 0 fully saturated rings. The van der Waals surface area contributed by atoms with Crippen molar-refractivity contribution in [2.45, 2.75) is 19.3 Å². The van der Waals surface area contributed by atoms with Crippen LogP contribution in [0.4, 0.5) is 26.3 Å². The first-order valence-electron chi connectivity index (χ1n) is 8.35. The fourth-order valence-corrected chi connectivity index (χ4v) is 2.32. The Bertz CT molecular complexity index is 1110. The largest absolute Gasteiger partial charge is 0.484 e. The van der Waals surface area contributed by atoms with E-state index in [0.29, 0.717) is 4.57 Å². The number of hydrogen-bond acceptors (Lipinski definition) is 7. The van der Waals surface area contributed by atoms with Crippen LogP contribution in [0, 0.1) is 6.92 Å². The molecule has 8 nitrogen and oxygen atoms in total. The molecule has 0 radical (unpaired) electrons. The van der Waals surface area contributed by atoms with Gasteiger partial charge in [0, 0.05) is 13.0 Å². The lowest BCUT2D eigenvalue weighted by Gasteiger charge is -2.15. The Morgan fingerprint density at radius 1 is 0.968 bits per heavy atom. The number of nitrogens with zero attached hydrogens (tertiary/aromatic N) is 4. The summed E-state index contributed by atoms with van der Waals surface area (Å²) in [6.07, 6.45) is -9.28. The molecule has 0 unspecified atom stereocenters. The van der Waals surface area contributed by atoms with Crippen LogP contribution in [-0.2, 0) is 0 Å². The van der Waals surface area contributed by atoms with Crippen molar-refractivity contribution in [3.05, 3.63) is 46.6 Å². The van der Waals surface area contributed by atoms with Gasteiger partial charge in [-0.25, -0.2) is 4.57 Å². The second-order valence-electron chi connectivity index (χ2n) is 6.04. The first kappa shape index (κ1) is 22.1. The Hall–Kier alpha value is -3.58. The third-order valence-corrected chi connectivity index (χ3v) is 3.51. The zero-order valence-corrected chi connectivity index (χ0v) is 15.5. The minimum atomic E-state index is -4.73. The molecule has 0 spiro atoms. The van der Waals surface area contributed by atoms with E-state index in [4.69, 9.17) is 4.52 Å². The van der Waals surface area contributed by atoms with Crippen molar-refractivity contribution in [1.29, 1.82) is 0 Å². The number of rotatable bonds is 6. The Balaban J connectivity index is 1.98. The highest BCUT2D eigenvalue weighted by atomic mass is 19.4. The van der Waals surface area contributed by atoms with Crippen molar-refractivity contribution in [3.8, 4) is 29.0 Å². The Morgan fingerprint density at radius 2 is 1.58 bits per heavy atom. The molecule has 0 saturated heterocycles. The van der Waals surface area contributed by atoms with E-state index in [-0.39, 0.29) is 28.8 Å². The van der Waals surface area contributed by atoms with Crippen LogP contribution in [0.1, 0.15) is 5.89 Å². The highest BCUT2D eigenvalue weighted by molar-refractivity contribution is 5.49. The number of ether oxygens (including phenoxy) is 2. The van der Waals surface area contributed by atoms with Crippen LogP contribution in [0.3, 0.4) is 0 Å². The molecule has 2 heterocycles. The van der Waals surface area contributed by atoms with Crippen molar-refractivity contribution < 1.29 is 40.3 Å². The number of aromatic nitrogens is 4. The zero-order chi connectivity index (χ0) is 22.8. The highest BCUT2D eigenvalue weighted by Gasteiger charge is 2.30. The Labute approximate surface area is 169 Å². The normalized spacial score (nSPS) is 12.1. The summed E-state index contributed by atoms with van der Waals surface area (Å²) in [5.74, 6) is -0.179. The van der Waals surface area contributed by atoms with Gasteiger partial charge in [0.15, 0.2) is 13.2 Å². The number of hydrogen-bond donors (Lipinski definition) is 0. The average Bonchev–Trinajstić information content (AvgIpc) is 3.10. The lowest BCUT2D eigenvalue weighted by molar-refractivity contribution is -0.155. The molecule has 0 aliphatic heterocycles. The van der Waals surface area contributed by atoms with Crippen LogP contribution in [0.15, 0.2) is 39.6 Å². The Morgan fingerprint density at radius 3 is 2.13 bits per heavy atom. The van der Waals surface area contributed by atoms with Gasteiger partial charge in [-0.2, -0.15) is 36.3 Å². The molecule has 0 amide bonds. The topological polar surface area (TPSA) is 92.3 Å². The predicted octanol–water partition coefficient (Wildman–Crippen LogP) is 3.47. The lowest BCUT2D eigenvalue weighted by Crippen LogP contribution is -2.26. The number of benzene rings is 1. The quantitative estimate of drug-likeness (QED) is 0.531. The van der Waals surface area contributed by atoms with Gasteiger partial charge in [0.05, 0.1) is 5.69 Å². The zero-order valence-electron chi connectivity index (χ0n) is 15.5. The van der Waals surface area contributed by atoms with Crippen LogP contribution < -0.4 is 15.0 Å². The number of halogens is 6. The third kappa shape index (κ3) is 5.96. The summed E-state index contributed by atoms with van der Waals surface area (Å²) in [5, 5.41) is 3.55. The molecule has 166 valence electrons. The summed E-state index contributed by atoms with van der Waals surface area (Å²) in [5.41, 5.74) is -1.07. The maximum Gasteiger partial charge on any atom is 0.422 e. The SMILES string of the molecule is Cc1nc(-c2cc(=O)n(-c3ccc(OCC(F)(F)F)cc3)c(OCC(F)(F)F)n2)no1. The van der Waals surface area contributed by atoms with E-state index in [9.17, 15) is 31.1 Å². The van der Waals surface area contributed by atoms with Crippen LogP contribution in [0.2, 0.25) is 0 Å². The van der Waals surface area contributed by atoms with E-state index in [1.807, 2.05) is 0 Å². The van der Waals surface area contributed by atoms with Gasteiger partial charge in [-0.05, 0) is 24.3 Å². The number of alkyl halides is 6. The van der Waals surface area contributed by atoms with Gasteiger partial charge < -0.3 is 14.0 Å². The molecular formula is C17H12F6N4O4. The summed E-state index contributed by atoms with van der Waals surface area (Å²) >= 11 is 0. The second kappa shape index (κ2) is 8.28. The molecule has 3 rings (SSSR count). The van der Waals surface area contributed by atoms with E-state index < -0.39 is 37.1 Å². The standard InChI is InChI=1S/C17H12F6N4O4/c1-9-24-14(26-31-9)12-6-13(28)27(15(25-12)30-8-17(21,22)23)10-2-4-11(5-3-10)29-7-16(18,19)20/h2-6H,7-8H2,1H3. The van der Waals surface area contributed by atoms with Crippen molar-refractivity contribution in [3.63, 3.8) is 0 Å². The van der Waals surface area contributed by atoms with Gasteiger partial charge in [0.25, 0.3) is 5.56 Å². The molecule has 3 aromatic rings. The highest BCUT2D eigenvalue weighted by Crippen LogP contribution is 2.24. The first-order chi connectivity index (χ1) is 14.4. The van der Waals surface area contributed by atoms with E-state index in [2.05, 4.69) is 24.6 Å². The fraction of sp³-hybridized carbons (Fsp3) is 0.294. The van der Waals surface area contributed by atoms with Crippen LogP contribution in [0.25, 0.3) is 17.2 Å². The third-order valence-electron chi connectivity index (χ3n) is 3.51. The van der Waals surface area contributed by atoms with Gasteiger partial charge in [-0.3, -0.25) is 4.79 Å². The minimum absolute atomic E-state index is 0.0233. The summed E-state index contributed by atoms with van der Waals surface area (Å²) in [7, 11) is 0. The van der Waals surface area contributed by atoms with Crippen molar-refractivity contribution in [2.75, 3.05) is 13.2 Å². The predicted molar refractivity (Wildman–Crippen MR) is 91.0 cm³/mol. The van der Waals surface area contributed by atoms with Crippen LogP contribution >= 0.6 is 0 Å². The summed E-state index contributed by atoms with van der Waals surface area (Å²) < 4.78 is 89.4. The first-order valence-corrected chi connectivity index (χ1v) is 8.35. The maximum absolute atomic E-state index is 12.6. The molecular weight excluding hydrogens is 438 g/mol. The van der Waals surface area contributed by atoms with Gasteiger partial charge in [-0.15, -0.1) is 0 Å². The Kier molecular flexibility index (Phi) is 5.90. The molecule has 14 heteroatoms. The van der Waals surface area contributed by atoms with Crippen molar-refractivity contribution in [2.24, 2.45) is 0 Å². The summed E-state index contributed by atoms with van der Waals surface area (Å²) in [6, 6.07) is 4.75. The van der Waals surface area contributed by atoms with E-state index in [1.54, 1.807) is 0 Å². The molecule has 1 aromatic carbocycles. The van der Waals surface area contributed by atoms with Crippen LogP contribution in [-0.4, -0.2) is 45.3 Å². The van der Waals surface area contributed by atoms with Gasteiger partial charge in [0.2, 0.25) is 11.7 Å². The fourth-order valence-electron chi connectivity index (χ4n) is 2.32. The van der Waals surface area contributed by atoms with E-state index in [0.717, 1.165) is 30.3 Å². The lowest BCUT2D eigenvalue weighted by atomic mass is 10.3. The number of aryl methyl sites for hydroxylation is 1. The van der Waals surface area contributed by atoms with Crippen molar-refractivity contribution >= 4 is 0 Å². The van der Waals surface area contributed by atoms with Crippen LogP contribution in [0.5, 0.6) is 11.8 Å². The smallest absolute Gasteiger partial charge is 0.422 e. The minimum Gasteiger partial charge on any atom is -0.484 e. The average molecular weight is 450 g/mol. The maximum atomic E-state index is 12.6. The molecule has 0 saturated carbocycles. The molecule has 31 heavy (non-hydrogen) atoms. The molecule has 0 N–H and O–H groups in total. The van der Waals surface area contributed by atoms with Crippen molar-refractivity contribution in [1.82, 2.24) is 19.7 Å². The van der Waals surface area contributed by atoms with E-state index >= 15 is 0 Å². The summed E-state index contributed by atoms with van der Waals surface area (Å²) in [4.78, 5) is 20.3. The van der Waals surface area contributed by atoms with Gasteiger partial charge in [-0.1, -0.05) is 5.16 Å². The monoisotopic (exact) mass is 450 g/mol. The molecule has 0 atom stereocenters. The molecule has 0 aliphatic carbocycles. The van der Waals surface area contributed by atoms with Gasteiger partial charge in [0.1, 0.15) is 11.4 Å². The molecule has 2 aromatic heterocycles. The molecule has 0 aliphatic rings. The molecule has 0 bridgehead atoms. The second-order valence-corrected chi connectivity index (χ2v) is 6.04. The van der Waals surface area contributed by atoms with E-state index in [1.165, 1.54) is 6.92 Å². The summed E-state index contributed by atoms with van der Waals surface area (Å²) in [6.45, 7) is -1.82. The van der Waals surface area contributed by atoms with Gasteiger partial charge >= 0.3 is 18.4 Å².